The molecule has 1 aromatic rings. The highest BCUT2D eigenvalue weighted by atomic mass is 79.9. The topological polar surface area (TPSA) is 58.6 Å². The van der Waals surface area contributed by atoms with Crippen molar-refractivity contribution < 1.29 is 14.6 Å². The van der Waals surface area contributed by atoms with E-state index in [1.54, 1.807) is 7.11 Å². The lowest BCUT2D eigenvalue weighted by Gasteiger charge is -2.23. The highest BCUT2D eigenvalue weighted by Gasteiger charge is 2.17. The Kier molecular flexibility index (Phi) is 7.18. The number of amides is 1. The van der Waals surface area contributed by atoms with E-state index in [0.717, 1.165) is 15.8 Å². The van der Waals surface area contributed by atoms with Crippen LogP contribution in [0.15, 0.2) is 22.7 Å². The predicted octanol–water partition coefficient (Wildman–Crippen LogP) is 2.92. The molecule has 0 saturated carbocycles. The zero-order chi connectivity index (χ0) is 15.9. The van der Waals surface area contributed by atoms with Crippen LogP contribution in [0.2, 0.25) is 0 Å². The van der Waals surface area contributed by atoms with Crippen LogP contribution in [0.25, 0.3) is 0 Å². The maximum absolute atomic E-state index is 11.9. The minimum absolute atomic E-state index is 0.0351. The van der Waals surface area contributed by atoms with Gasteiger partial charge in [-0.25, -0.2) is 0 Å². The summed E-state index contributed by atoms with van der Waals surface area (Å²) in [7, 11) is 1.63. The molecule has 0 fully saturated rings. The van der Waals surface area contributed by atoms with E-state index in [-0.39, 0.29) is 17.9 Å². The van der Waals surface area contributed by atoms with Gasteiger partial charge in [0.25, 0.3) is 0 Å². The molecule has 118 valence electrons. The Morgan fingerprint density at radius 3 is 2.71 bits per heavy atom. The van der Waals surface area contributed by atoms with Gasteiger partial charge in [0.15, 0.2) is 0 Å². The molecule has 0 atom stereocenters. The van der Waals surface area contributed by atoms with Crippen molar-refractivity contribution in [3.63, 3.8) is 0 Å². The Labute approximate surface area is 135 Å². The van der Waals surface area contributed by atoms with Crippen LogP contribution in [0.3, 0.4) is 0 Å². The first kappa shape index (κ1) is 18.0. The predicted molar refractivity (Wildman–Crippen MR) is 87.5 cm³/mol. The van der Waals surface area contributed by atoms with Crippen molar-refractivity contribution in [2.75, 3.05) is 20.3 Å². The molecule has 5 heteroatoms. The molecule has 0 saturated heterocycles. The highest BCUT2D eigenvalue weighted by Crippen LogP contribution is 2.26. The summed E-state index contributed by atoms with van der Waals surface area (Å²) in [5.74, 6) is 0.821. The average Bonchev–Trinajstić information content (AvgIpc) is 2.43. The number of halogens is 1. The molecule has 0 unspecified atom stereocenters. The summed E-state index contributed by atoms with van der Waals surface area (Å²) in [4.78, 5) is 11.9. The van der Waals surface area contributed by atoms with Crippen LogP contribution in [0, 0.1) is 5.41 Å². The van der Waals surface area contributed by atoms with Crippen molar-refractivity contribution in [3.8, 4) is 5.75 Å². The molecular formula is C16H24BrNO3. The van der Waals surface area contributed by atoms with E-state index in [1.165, 1.54) is 0 Å². The van der Waals surface area contributed by atoms with Crippen LogP contribution >= 0.6 is 15.9 Å². The van der Waals surface area contributed by atoms with Crippen LogP contribution in [-0.2, 0) is 11.2 Å². The quantitative estimate of drug-likeness (QED) is 0.751. The summed E-state index contributed by atoms with van der Waals surface area (Å²) in [6.45, 7) is 4.79. The highest BCUT2D eigenvalue weighted by molar-refractivity contribution is 9.10. The fourth-order valence-corrected chi connectivity index (χ4v) is 2.53. The van der Waals surface area contributed by atoms with Crippen molar-refractivity contribution in [3.05, 3.63) is 28.2 Å². The lowest BCUT2D eigenvalue weighted by molar-refractivity contribution is -0.121. The molecule has 21 heavy (non-hydrogen) atoms. The third kappa shape index (κ3) is 6.48. The molecule has 0 aromatic heterocycles. The van der Waals surface area contributed by atoms with Gasteiger partial charge < -0.3 is 15.2 Å². The Hall–Kier alpha value is -1.07. The lowest BCUT2D eigenvalue weighted by atomic mass is 9.90. The molecule has 0 aliphatic heterocycles. The SMILES string of the molecule is COc1ccc(CCC(=O)NCC(C)(C)CCO)cc1Br. The van der Waals surface area contributed by atoms with Gasteiger partial charge in [-0.3, -0.25) is 4.79 Å². The molecule has 0 radical (unpaired) electrons. The number of rotatable bonds is 8. The van der Waals surface area contributed by atoms with Gasteiger partial charge in [-0.05, 0) is 51.9 Å². The molecule has 4 nitrogen and oxygen atoms in total. The van der Waals surface area contributed by atoms with Crippen LogP contribution in [-0.4, -0.2) is 31.3 Å². The second-order valence-corrected chi connectivity index (χ2v) is 6.74. The molecule has 1 rings (SSSR count). The summed E-state index contributed by atoms with van der Waals surface area (Å²) in [5.41, 5.74) is 1.01. The van der Waals surface area contributed by atoms with Gasteiger partial charge in [-0.1, -0.05) is 19.9 Å². The van der Waals surface area contributed by atoms with E-state index in [2.05, 4.69) is 21.2 Å². The monoisotopic (exact) mass is 357 g/mol. The first-order valence-electron chi connectivity index (χ1n) is 7.08. The Morgan fingerprint density at radius 1 is 1.43 bits per heavy atom. The van der Waals surface area contributed by atoms with E-state index in [0.29, 0.717) is 25.8 Å². The maximum atomic E-state index is 11.9. The third-order valence-electron chi connectivity index (χ3n) is 3.41. The molecule has 0 aliphatic rings. The number of methoxy groups -OCH3 is 1. The number of hydrogen-bond donors (Lipinski definition) is 2. The standard InChI is InChI=1S/C16H24BrNO3/c1-16(2,8-9-19)11-18-15(20)7-5-12-4-6-14(21-3)13(17)10-12/h4,6,10,19H,5,7-9,11H2,1-3H3,(H,18,20). The molecular weight excluding hydrogens is 334 g/mol. The zero-order valence-corrected chi connectivity index (χ0v) is 14.5. The fraction of sp³-hybridized carbons (Fsp3) is 0.562. The number of carbonyl (C=O) groups is 1. The Bertz CT molecular complexity index is 475. The van der Waals surface area contributed by atoms with E-state index >= 15 is 0 Å². The Morgan fingerprint density at radius 2 is 2.14 bits per heavy atom. The van der Waals surface area contributed by atoms with Crippen molar-refractivity contribution in [2.45, 2.75) is 33.1 Å². The number of ether oxygens (including phenoxy) is 1. The summed E-state index contributed by atoms with van der Waals surface area (Å²) >= 11 is 3.44. The van der Waals surface area contributed by atoms with E-state index < -0.39 is 0 Å². The molecule has 0 spiro atoms. The largest absolute Gasteiger partial charge is 0.496 e. The number of nitrogens with one attached hydrogen (secondary N) is 1. The van der Waals surface area contributed by atoms with Gasteiger partial charge >= 0.3 is 0 Å². The van der Waals surface area contributed by atoms with E-state index in [9.17, 15) is 4.79 Å². The number of aliphatic hydroxyl groups is 1. The number of hydrogen-bond acceptors (Lipinski definition) is 3. The lowest BCUT2D eigenvalue weighted by Crippen LogP contribution is -2.34. The van der Waals surface area contributed by atoms with Crippen molar-refractivity contribution >= 4 is 21.8 Å². The van der Waals surface area contributed by atoms with Gasteiger partial charge in [0.05, 0.1) is 11.6 Å². The minimum Gasteiger partial charge on any atom is -0.496 e. The van der Waals surface area contributed by atoms with Gasteiger partial charge in [0, 0.05) is 19.6 Å². The summed E-state index contributed by atoms with van der Waals surface area (Å²) in [5, 5.41) is 11.9. The Balaban J connectivity index is 2.41. The molecule has 1 amide bonds. The summed E-state index contributed by atoms with van der Waals surface area (Å²) in [6.07, 6.45) is 1.82. The fourth-order valence-electron chi connectivity index (χ4n) is 1.94. The second kappa shape index (κ2) is 8.39. The van der Waals surface area contributed by atoms with Gasteiger partial charge in [-0.15, -0.1) is 0 Å². The first-order chi connectivity index (χ1) is 9.88. The smallest absolute Gasteiger partial charge is 0.220 e. The minimum atomic E-state index is -0.0758. The first-order valence-corrected chi connectivity index (χ1v) is 7.87. The number of aliphatic hydroxyl groups excluding tert-OH is 1. The van der Waals surface area contributed by atoms with Crippen molar-refractivity contribution in [2.24, 2.45) is 5.41 Å². The number of benzene rings is 1. The average molecular weight is 358 g/mol. The second-order valence-electron chi connectivity index (χ2n) is 5.88. The number of carbonyl (C=O) groups excluding carboxylic acids is 1. The van der Waals surface area contributed by atoms with Gasteiger partial charge in [-0.2, -0.15) is 0 Å². The van der Waals surface area contributed by atoms with Gasteiger partial charge in [0.2, 0.25) is 5.91 Å². The van der Waals surface area contributed by atoms with Crippen LogP contribution in [0.1, 0.15) is 32.3 Å². The maximum Gasteiger partial charge on any atom is 0.220 e. The zero-order valence-electron chi connectivity index (χ0n) is 12.9. The van der Waals surface area contributed by atoms with E-state index in [4.69, 9.17) is 9.84 Å². The molecule has 0 bridgehead atoms. The normalized spacial score (nSPS) is 11.3. The van der Waals surface area contributed by atoms with Crippen LogP contribution in [0.5, 0.6) is 5.75 Å². The molecule has 1 aromatic carbocycles. The molecule has 2 N–H and O–H groups in total. The van der Waals surface area contributed by atoms with Crippen LogP contribution in [0.4, 0.5) is 0 Å². The van der Waals surface area contributed by atoms with Gasteiger partial charge in [0.1, 0.15) is 5.75 Å². The number of aryl methyl sites for hydroxylation is 1. The van der Waals surface area contributed by atoms with Crippen molar-refractivity contribution in [1.82, 2.24) is 5.32 Å². The van der Waals surface area contributed by atoms with E-state index in [1.807, 2.05) is 32.0 Å². The van der Waals surface area contributed by atoms with Crippen LogP contribution < -0.4 is 10.1 Å². The molecule has 0 aliphatic carbocycles. The summed E-state index contributed by atoms with van der Waals surface area (Å²) in [6, 6.07) is 5.83. The van der Waals surface area contributed by atoms with Crippen molar-refractivity contribution in [1.29, 1.82) is 0 Å². The summed E-state index contributed by atoms with van der Waals surface area (Å²) < 4.78 is 6.07. The third-order valence-corrected chi connectivity index (χ3v) is 4.03. The molecule has 0 heterocycles.